The molecule has 0 aliphatic carbocycles. The lowest BCUT2D eigenvalue weighted by atomic mass is 9.81. The van der Waals surface area contributed by atoms with Gasteiger partial charge in [-0.15, -0.1) is 0 Å². The number of aryl methyl sites for hydroxylation is 1. The molecule has 1 heterocycles. The summed E-state index contributed by atoms with van der Waals surface area (Å²) in [5, 5.41) is 10.9. The van der Waals surface area contributed by atoms with Crippen LogP contribution in [0.3, 0.4) is 0 Å². The molecule has 10 heteroatoms. The molecule has 2 N–H and O–H groups in total. The fourth-order valence-corrected chi connectivity index (χ4v) is 4.60. The molecular formula is C25H28F3NO5S. The first-order chi connectivity index (χ1) is 16.5. The fourth-order valence-electron chi connectivity index (χ4n) is 4.20. The maximum absolute atomic E-state index is 13.1. The lowest BCUT2D eigenvalue weighted by molar-refractivity contribution is -0.173. The SMILES string of the molecule is COS(=O)Nc1cccc(C(C)C2=C(O)CC(CCc3ccccc3)(CCC(F)(F)F)OC2=O)c1. The molecule has 0 spiro atoms. The van der Waals surface area contributed by atoms with Gasteiger partial charge in [-0.25, -0.2) is 9.00 Å². The highest BCUT2D eigenvalue weighted by atomic mass is 32.2. The number of ether oxygens (including phenoxy) is 1. The van der Waals surface area contributed by atoms with E-state index in [1.54, 1.807) is 31.2 Å². The Kier molecular flexibility index (Phi) is 8.60. The first-order valence-electron chi connectivity index (χ1n) is 11.1. The number of alkyl halides is 3. The van der Waals surface area contributed by atoms with Gasteiger partial charge < -0.3 is 9.84 Å². The molecule has 2 aromatic rings. The minimum atomic E-state index is -4.42. The van der Waals surface area contributed by atoms with Crippen molar-refractivity contribution in [2.24, 2.45) is 0 Å². The zero-order chi connectivity index (χ0) is 25.6. The summed E-state index contributed by atoms with van der Waals surface area (Å²) in [6, 6.07) is 15.9. The minimum Gasteiger partial charge on any atom is -0.512 e. The smallest absolute Gasteiger partial charge is 0.389 e. The van der Waals surface area contributed by atoms with Crippen molar-refractivity contribution >= 4 is 22.9 Å². The number of aliphatic hydroxyl groups excluding tert-OH is 1. The topological polar surface area (TPSA) is 84.9 Å². The van der Waals surface area contributed by atoms with Crippen molar-refractivity contribution in [3.8, 4) is 0 Å². The van der Waals surface area contributed by atoms with Crippen LogP contribution < -0.4 is 4.72 Å². The molecule has 6 nitrogen and oxygen atoms in total. The number of carbonyl (C=O) groups is 1. The van der Waals surface area contributed by atoms with Crippen molar-refractivity contribution in [1.29, 1.82) is 0 Å². The molecule has 0 radical (unpaired) electrons. The van der Waals surface area contributed by atoms with E-state index in [4.69, 9.17) is 4.74 Å². The zero-order valence-corrected chi connectivity index (χ0v) is 20.2. The second-order valence-corrected chi connectivity index (χ2v) is 9.57. The van der Waals surface area contributed by atoms with E-state index in [1.165, 1.54) is 7.11 Å². The van der Waals surface area contributed by atoms with Crippen LogP contribution >= 0.6 is 0 Å². The molecule has 1 aliphatic heterocycles. The summed E-state index contributed by atoms with van der Waals surface area (Å²) in [6.07, 6.45) is -5.65. The number of hydrogen-bond acceptors (Lipinski definition) is 5. The maximum atomic E-state index is 13.1. The predicted octanol–water partition coefficient (Wildman–Crippen LogP) is 5.90. The van der Waals surface area contributed by atoms with Crippen LogP contribution in [0.5, 0.6) is 0 Å². The molecule has 35 heavy (non-hydrogen) atoms. The fraction of sp³-hybridized carbons (Fsp3) is 0.400. The van der Waals surface area contributed by atoms with Crippen molar-refractivity contribution < 1.29 is 36.2 Å². The first kappa shape index (κ1) is 26.7. The predicted molar refractivity (Wildman–Crippen MR) is 127 cm³/mol. The lowest BCUT2D eigenvalue weighted by Gasteiger charge is -2.38. The molecule has 3 atom stereocenters. The largest absolute Gasteiger partial charge is 0.512 e. The molecular weight excluding hydrogens is 483 g/mol. The highest BCUT2D eigenvalue weighted by Crippen LogP contribution is 2.42. The van der Waals surface area contributed by atoms with Crippen molar-refractivity contribution in [3.05, 3.63) is 77.1 Å². The average Bonchev–Trinajstić information content (AvgIpc) is 2.81. The van der Waals surface area contributed by atoms with E-state index < -0.39 is 47.8 Å². The normalized spacial score (nSPS) is 20.3. The number of carbonyl (C=O) groups excluding carboxylic acids is 1. The van der Waals surface area contributed by atoms with E-state index >= 15 is 0 Å². The Hall–Kier alpha value is -2.85. The van der Waals surface area contributed by atoms with Gasteiger partial charge in [-0.05, 0) is 42.5 Å². The zero-order valence-electron chi connectivity index (χ0n) is 19.4. The molecule has 3 rings (SSSR count). The third kappa shape index (κ3) is 7.32. The Bertz CT molecular complexity index is 1090. The summed E-state index contributed by atoms with van der Waals surface area (Å²) in [4.78, 5) is 13.1. The van der Waals surface area contributed by atoms with Gasteiger partial charge in [0.2, 0.25) is 0 Å². The number of aliphatic hydroxyl groups is 1. The van der Waals surface area contributed by atoms with Gasteiger partial charge in [0.25, 0.3) is 11.3 Å². The standard InChI is InChI=1S/C25H28F3NO5S/c1-17(19-9-6-10-20(15-19)29-35(32)33-2)22-21(30)16-24(34-23(22)31,13-14-25(26,27)28)12-11-18-7-4-3-5-8-18/h3-10,15,17,29-30H,11-14,16H2,1-2H3. The van der Waals surface area contributed by atoms with Gasteiger partial charge in [0.1, 0.15) is 11.4 Å². The number of nitrogens with one attached hydrogen (secondary N) is 1. The molecule has 0 saturated heterocycles. The third-order valence-electron chi connectivity index (χ3n) is 6.08. The monoisotopic (exact) mass is 511 g/mol. The second kappa shape index (κ2) is 11.3. The number of cyclic esters (lactones) is 1. The summed E-state index contributed by atoms with van der Waals surface area (Å²) in [7, 11) is 1.28. The summed E-state index contributed by atoms with van der Waals surface area (Å²) < 4.78 is 63.8. The van der Waals surface area contributed by atoms with Gasteiger partial charge in [-0.3, -0.25) is 8.91 Å². The molecule has 1 aliphatic rings. The van der Waals surface area contributed by atoms with Crippen LogP contribution in [0.1, 0.15) is 49.7 Å². The van der Waals surface area contributed by atoms with Crippen molar-refractivity contribution in [2.45, 2.75) is 56.7 Å². The Morgan fingerprint density at radius 1 is 1.17 bits per heavy atom. The van der Waals surface area contributed by atoms with E-state index in [9.17, 15) is 27.3 Å². The van der Waals surface area contributed by atoms with Gasteiger partial charge in [0.05, 0.1) is 12.7 Å². The van der Waals surface area contributed by atoms with E-state index in [0.717, 1.165) is 5.56 Å². The molecule has 190 valence electrons. The summed E-state index contributed by atoms with van der Waals surface area (Å²) in [6.45, 7) is 1.69. The van der Waals surface area contributed by atoms with E-state index in [2.05, 4.69) is 8.91 Å². The highest BCUT2D eigenvalue weighted by molar-refractivity contribution is 7.81. The molecule has 0 saturated carbocycles. The van der Waals surface area contributed by atoms with E-state index in [1.807, 2.05) is 30.3 Å². The number of hydrogen-bond donors (Lipinski definition) is 2. The van der Waals surface area contributed by atoms with Gasteiger partial charge >= 0.3 is 12.1 Å². The van der Waals surface area contributed by atoms with Gasteiger partial charge in [0.15, 0.2) is 0 Å². The Labute approximate surface area is 204 Å². The van der Waals surface area contributed by atoms with E-state index in [-0.39, 0.29) is 24.2 Å². The van der Waals surface area contributed by atoms with Gasteiger partial charge in [-0.1, -0.05) is 49.4 Å². The van der Waals surface area contributed by atoms with Crippen LogP contribution in [0, 0.1) is 0 Å². The van der Waals surface area contributed by atoms with Crippen LogP contribution in [0.2, 0.25) is 0 Å². The van der Waals surface area contributed by atoms with Crippen molar-refractivity contribution in [1.82, 2.24) is 0 Å². The first-order valence-corrected chi connectivity index (χ1v) is 12.2. The van der Waals surface area contributed by atoms with Crippen LogP contribution in [0.15, 0.2) is 65.9 Å². The quantitative estimate of drug-likeness (QED) is 0.388. The van der Waals surface area contributed by atoms with Crippen molar-refractivity contribution in [2.75, 3.05) is 11.8 Å². The molecule has 0 aromatic heterocycles. The summed E-state index contributed by atoms with van der Waals surface area (Å²) in [5.41, 5.74) is 0.525. The minimum absolute atomic E-state index is 0.00245. The average molecular weight is 512 g/mol. The van der Waals surface area contributed by atoms with Crippen LogP contribution in [0.25, 0.3) is 0 Å². The second-order valence-electron chi connectivity index (χ2n) is 8.56. The number of halogens is 3. The Morgan fingerprint density at radius 3 is 2.51 bits per heavy atom. The van der Waals surface area contributed by atoms with Gasteiger partial charge in [-0.2, -0.15) is 13.2 Å². The number of anilines is 1. The molecule has 2 aromatic carbocycles. The number of benzene rings is 2. The number of rotatable bonds is 10. The maximum Gasteiger partial charge on any atom is 0.389 e. The Morgan fingerprint density at radius 2 is 1.89 bits per heavy atom. The molecule has 0 bridgehead atoms. The van der Waals surface area contributed by atoms with Crippen LogP contribution in [-0.4, -0.2) is 34.2 Å². The van der Waals surface area contributed by atoms with E-state index in [0.29, 0.717) is 17.7 Å². The Balaban J connectivity index is 1.86. The highest BCUT2D eigenvalue weighted by Gasteiger charge is 2.45. The lowest BCUT2D eigenvalue weighted by Crippen LogP contribution is -2.42. The molecule has 0 amide bonds. The van der Waals surface area contributed by atoms with Crippen LogP contribution in [0.4, 0.5) is 18.9 Å². The molecule has 0 fully saturated rings. The number of esters is 1. The third-order valence-corrected chi connectivity index (χ3v) is 6.78. The van der Waals surface area contributed by atoms with Crippen LogP contribution in [-0.2, 0) is 31.4 Å². The van der Waals surface area contributed by atoms with Gasteiger partial charge in [0, 0.05) is 24.4 Å². The van der Waals surface area contributed by atoms with Crippen molar-refractivity contribution in [3.63, 3.8) is 0 Å². The summed E-state index contributed by atoms with van der Waals surface area (Å²) >= 11 is -1.75. The summed E-state index contributed by atoms with van der Waals surface area (Å²) in [5.74, 6) is -1.73. The molecule has 3 unspecified atom stereocenters.